The summed E-state index contributed by atoms with van der Waals surface area (Å²) < 4.78 is 0. The van der Waals surface area contributed by atoms with Gasteiger partial charge in [-0.05, 0) is 18.6 Å². The molecular formula is C28H39NY-2. The predicted molar refractivity (Wildman–Crippen MR) is 130 cm³/mol. The van der Waals surface area contributed by atoms with Crippen LogP contribution in [0.3, 0.4) is 0 Å². The van der Waals surface area contributed by atoms with Crippen LogP contribution in [-0.4, -0.2) is 0 Å². The molecule has 3 aromatic carbocycles. The SMILES string of the molecule is C.C.CC.Cc1c[c-]ccc1C.Cc1c[c-]ccc1C.Cc1ccccc1C#N.[Y]. The van der Waals surface area contributed by atoms with E-state index in [1.807, 2.05) is 69.3 Å². The molecule has 0 saturated carbocycles. The molecule has 1 nitrogen and oxygen atoms in total. The molecule has 0 aromatic heterocycles. The van der Waals surface area contributed by atoms with Crippen molar-refractivity contribution < 1.29 is 32.7 Å². The van der Waals surface area contributed by atoms with E-state index >= 15 is 0 Å². The minimum atomic E-state index is 0. The fourth-order valence-electron chi connectivity index (χ4n) is 1.88. The zero-order chi connectivity index (χ0) is 20.7. The topological polar surface area (TPSA) is 23.8 Å². The first-order valence-corrected chi connectivity index (χ1v) is 9.28. The Kier molecular flexibility index (Phi) is 26.1. The minimum Gasteiger partial charge on any atom is -0.192 e. The maximum absolute atomic E-state index is 8.47. The van der Waals surface area contributed by atoms with E-state index in [-0.39, 0.29) is 47.6 Å². The molecule has 0 N–H and O–H groups in total. The number of aryl methyl sites for hydroxylation is 5. The second kappa shape index (κ2) is 22.0. The van der Waals surface area contributed by atoms with Gasteiger partial charge in [-0.3, -0.25) is 0 Å². The van der Waals surface area contributed by atoms with Gasteiger partial charge in [0, 0.05) is 32.7 Å². The Balaban J connectivity index is -0.000000155. The number of nitriles is 1. The summed E-state index contributed by atoms with van der Waals surface area (Å²) in [5.41, 5.74) is 7.10. The molecule has 30 heavy (non-hydrogen) atoms. The quantitative estimate of drug-likeness (QED) is 0.298. The Bertz CT molecular complexity index is 746. The van der Waals surface area contributed by atoms with Gasteiger partial charge in [-0.1, -0.05) is 74.6 Å². The summed E-state index contributed by atoms with van der Waals surface area (Å²) in [5.74, 6) is 0. The van der Waals surface area contributed by atoms with Crippen LogP contribution in [0, 0.1) is 58.1 Å². The van der Waals surface area contributed by atoms with Gasteiger partial charge in [0.15, 0.2) is 0 Å². The Morgan fingerprint density at radius 1 is 0.633 bits per heavy atom. The van der Waals surface area contributed by atoms with Crippen LogP contribution in [-0.2, 0) is 32.7 Å². The van der Waals surface area contributed by atoms with Gasteiger partial charge in [0.1, 0.15) is 0 Å². The number of hydrogen-bond acceptors (Lipinski definition) is 1. The maximum Gasteiger partial charge on any atom is 0.0994 e. The molecule has 0 heterocycles. The van der Waals surface area contributed by atoms with E-state index in [1.165, 1.54) is 22.3 Å². The Labute approximate surface area is 212 Å². The zero-order valence-electron chi connectivity index (χ0n) is 18.3. The molecule has 3 rings (SSSR count). The average molecular weight is 479 g/mol. The van der Waals surface area contributed by atoms with Crippen LogP contribution in [0.2, 0.25) is 0 Å². The summed E-state index contributed by atoms with van der Waals surface area (Å²) in [5, 5.41) is 8.47. The first kappa shape index (κ1) is 35.7. The standard InChI is InChI=1S/C8H7N.2C8H9.C2H6.2CH4.Y/c1-7-4-2-3-5-8(7)6-9;2*1-7-5-3-4-6-8(7)2;1-2;;;/h2-5H,1H3;2*3,5-6H,1-2H3;1-2H3;2*1H4;/q;2*-1;;;;. The molecule has 0 saturated heterocycles. The van der Waals surface area contributed by atoms with E-state index in [0.717, 1.165) is 11.1 Å². The van der Waals surface area contributed by atoms with Crippen molar-refractivity contribution in [3.8, 4) is 6.07 Å². The predicted octanol–water partition coefficient (Wildman–Crippen LogP) is 8.37. The third-order valence-corrected chi connectivity index (χ3v) is 3.97. The Morgan fingerprint density at radius 2 is 1.03 bits per heavy atom. The Morgan fingerprint density at radius 3 is 1.27 bits per heavy atom. The second-order valence-corrected chi connectivity index (χ2v) is 5.95. The van der Waals surface area contributed by atoms with E-state index in [1.54, 1.807) is 0 Å². The van der Waals surface area contributed by atoms with Crippen molar-refractivity contribution in [2.45, 2.75) is 63.3 Å². The van der Waals surface area contributed by atoms with Crippen molar-refractivity contribution in [2.75, 3.05) is 0 Å². The Hall–Kier alpha value is -1.75. The molecule has 161 valence electrons. The van der Waals surface area contributed by atoms with Gasteiger partial charge < -0.3 is 0 Å². The maximum atomic E-state index is 8.47. The van der Waals surface area contributed by atoms with Gasteiger partial charge >= 0.3 is 0 Å². The molecule has 0 spiro atoms. The number of rotatable bonds is 0. The molecular weight excluding hydrogens is 439 g/mol. The molecule has 0 bridgehead atoms. The van der Waals surface area contributed by atoms with Crippen molar-refractivity contribution in [1.29, 1.82) is 5.26 Å². The van der Waals surface area contributed by atoms with Crippen LogP contribution in [0.4, 0.5) is 0 Å². The van der Waals surface area contributed by atoms with Crippen molar-refractivity contribution in [3.05, 3.63) is 106 Å². The molecule has 0 aliphatic carbocycles. The zero-order valence-corrected chi connectivity index (χ0v) is 21.1. The largest absolute Gasteiger partial charge is 0.192 e. The number of hydrogen-bond donors (Lipinski definition) is 0. The van der Waals surface area contributed by atoms with Gasteiger partial charge in [-0.25, -0.2) is 0 Å². The fourth-order valence-corrected chi connectivity index (χ4v) is 1.88. The normalized spacial score (nSPS) is 7.67. The van der Waals surface area contributed by atoms with Gasteiger partial charge in [-0.2, -0.15) is 76.0 Å². The molecule has 0 aliphatic rings. The second-order valence-electron chi connectivity index (χ2n) is 5.95. The van der Waals surface area contributed by atoms with E-state index in [9.17, 15) is 0 Å². The fraction of sp³-hybridized carbons (Fsp3) is 0.321. The summed E-state index contributed by atoms with van der Waals surface area (Å²) in [6.07, 6.45) is 0. The molecule has 0 amide bonds. The molecule has 0 fully saturated rings. The first-order chi connectivity index (χ1) is 13.0. The van der Waals surface area contributed by atoms with Gasteiger partial charge in [0.25, 0.3) is 0 Å². The minimum absolute atomic E-state index is 0. The van der Waals surface area contributed by atoms with Crippen LogP contribution < -0.4 is 0 Å². The smallest absolute Gasteiger partial charge is 0.0994 e. The third-order valence-electron chi connectivity index (χ3n) is 3.97. The van der Waals surface area contributed by atoms with Gasteiger partial charge in [0.05, 0.1) is 11.6 Å². The summed E-state index contributed by atoms with van der Waals surface area (Å²) in [4.78, 5) is 0. The van der Waals surface area contributed by atoms with Gasteiger partial charge in [-0.15, -0.1) is 0 Å². The van der Waals surface area contributed by atoms with Gasteiger partial charge in [0.2, 0.25) is 0 Å². The first-order valence-electron chi connectivity index (χ1n) is 9.28. The van der Waals surface area contributed by atoms with Crippen LogP contribution in [0.1, 0.15) is 62.1 Å². The monoisotopic (exact) mass is 478 g/mol. The molecule has 3 aromatic rings. The molecule has 1 radical (unpaired) electrons. The molecule has 0 aliphatic heterocycles. The average Bonchev–Trinajstić information content (AvgIpc) is 2.69. The van der Waals surface area contributed by atoms with Crippen molar-refractivity contribution in [2.24, 2.45) is 0 Å². The summed E-state index contributed by atoms with van der Waals surface area (Å²) >= 11 is 0. The number of benzene rings is 3. The summed E-state index contributed by atoms with van der Waals surface area (Å²) in [7, 11) is 0. The van der Waals surface area contributed by atoms with Crippen molar-refractivity contribution in [3.63, 3.8) is 0 Å². The summed E-state index contributed by atoms with van der Waals surface area (Å²) in [6, 6.07) is 27.6. The van der Waals surface area contributed by atoms with E-state index in [0.29, 0.717) is 0 Å². The molecule has 2 heteroatoms. The third kappa shape index (κ3) is 15.1. The number of nitrogens with zero attached hydrogens (tertiary/aromatic N) is 1. The van der Waals surface area contributed by atoms with E-state index in [2.05, 4.69) is 58.0 Å². The van der Waals surface area contributed by atoms with Crippen LogP contribution in [0.25, 0.3) is 0 Å². The van der Waals surface area contributed by atoms with E-state index < -0.39 is 0 Å². The molecule has 0 atom stereocenters. The van der Waals surface area contributed by atoms with Crippen LogP contribution in [0.15, 0.2) is 60.7 Å². The van der Waals surface area contributed by atoms with Crippen LogP contribution >= 0.6 is 0 Å². The van der Waals surface area contributed by atoms with Crippen LogP contribution in [0.5, 0.6) is 0 Å². The van der Waals surface area contributed by atoms with E-state index in [4.69, 9.17) is 5.26 Å². The summed E-state index contributed by atoms with van der Waals surface area (Å²) in [6.45, 7) is 14.3. The van der Waals surface area contributed by atoms with Crippen molar-refractivity contribution in [1.82, 2.24) is 0 Å². The molecule has 0 unspecified atom stereocenters. The van der Waals surface area contributed by atoms with Crippen molar-refractivity contribution >= 4 is 0 Å².